The van der Waals surface area contributed by atoms with Crippen LogP contribution in [-0.4, -0.2) is 54.6 Å². The summed E-state index contributed by atoms with van der Waals surface area (Å²) in [5.41, 5.74) is 4.23. The molecule has 0 atom stereocenters. The first-order valence-corrected chi connectivity index (χ1v) is 10.6. The van der Waals surface area contributed by atoms with Crippen LogP contribution in [0.25, 0.3) is 0 Å². The number of ether oxygens (including phenoxy) is 1. The van der Waals surface area contributed by atoms with Gasteiger partial charge in [0, 0.05) is 36.2 Å². The zero-order valence-corrected chi connectivity index (χ0v) is 17.0. The normalized spacial score (nSPS) is 19.8. The molecule has 3 aliphatic rings. The Balaban J connectivity index is 1.35. The molecule has 29 heavy (non-hydrogen) atoms. The van der Waals surface area contributed by atoms with Crippen molar-refractivity contribution >= 4 is 34.5 Å². The Kier molecular flexibility index (Phi) is 5.06. The first-order valence-electron chi connectivity index (χ1n) is 10.6. The smallest absolute Gasteiger partial charge is 0.229 e. The van der Waals surface area contributed by atoms with Crippen LogP contribution in [0.2, 0.25) is 0 Å². The highest BCUT2D eigenvalue weighted by atomic mass is 16.5. The molecule has 1 aromatic carbocycles. The maximum Gasteiger partial charge on any atom is 0.229 e. The Hall–Kier alpha value is -2.67. The van der Waals surface area contributed by atoms with Gasteiger partial charge in [0.25, 0.3) is 0 Å². The van der Waals surface area contributed by atoms with Gasteiger partial charge in [-0.1, -0.05) is 12.8 Å². The lowest BCUT2D eigenvalue weighted by molar-refractivity contribution is 0.122. The molecule has 1 aromatic heterocycles. The Morgan fingerprint density at radius 1 is 1.07 bits per heavy atom. The summed E-state index contributed by atoms with van der Waals surface area (Å²) in [6.45, 7) is 6.43. The number of hydrogen-bond donors (Lipinski definition) is 1. The van der Waals surface area contributed by atoms with Crippen molar-refractivity contribution in [2.24, 2.45) is 4.99 Å². The van der Waals surface area contributed by atoms with Crippen LogP contribution in [0, 0.1) is 0 Å². The van der Waals surface area contributed by atoms with Crippen molar-refractivity contribution in [1.29, 1.82) is 0 Å². The van der Waals surface area contributed by atoms with Crippen LogP contribution in [0.1, 0.15) is 32.6 Å². The van der Waals surface area contributed by atoms with Gasteiger partial charge in [-0.3, -0.25) is 4.99 Å². The number of anilines is 4. The molecule has 7 nitrogen and oxygen atoms in total. The third kappa shape index (κ3) is 3.92. The van der Waals surface area contributed by atoms with Gasteiger partial charge in [0.1, 0.15) is 5.69 Å². The predicted octanol–water partition coefficient (Wildman–Crippen LogP) is 3.91. The molecule has 0 spiro atoms. The van der Waals surface area contributed by atoms with Gasteiger partial charge in [0.05, 0.1) is 26.0 Å². The summed E-state index contributed by atoms with van der Waals surface area (Å²) >= 11 is 0. The molecule has 3 heterocycles. The lowest BCUT2D eigenvalue weighted by Crippen LogP contribution is -2.39. The van der Waals surface area contributed by atoms with Gasteiger partial charge in [-0.25, -0.2) is 4.98 Å². The van der Waals surface area contributed by atoms with Crippen molar-refractivity contribution in [2.75, 3.05) is 48.0 Å². The average molecular weight is 393 g/mol. The van der Waals surface area contributed by atoms with E-state index in [4.69, 9.17) is 9.72 Å². The second kappa shape index (κ2) is 7.99. The van der Waals surface area contributed by atoms with Crippen molar-refractivity contribution in [3.05, 3.63) is 30.5 Å². The summed E-state index contributed by atoms with van der Waals surface area (Å²) in [5.74, 6) is 1.59. The highest BCUT2D eigenvalue weighted by molar-refractivity contribution is 5.93. The lowest BCUT2D eigenvalue weighted by atomic mass is 10.1. The van der Waals surface area contributed by atoms with E-state index in [-0.39, 0.29) is 0 Å². The summed E-state index contributed by atoms with van der Waals surface area (Å²) in [7, 11) is 0. The molecule has 1 saturated carbocycles. The van der Waals surface area contributed by atoms with Gasteiger partial charge in [-0.2, -0.15) is 4.98 Å². The zero-order valence-electron chi connectivity index (χ0n) is 17.0. The van der Waals surface area contributed by atoms with E-state index in [1.807, 2.05) is 6.20 Å². The van der Waals surface area contributed by atoms with Gasteiger partial charge in [-0.05, 0) is 44.0 Å². The van der Waals surface area contributed by atoms with Crippen molar-refractivity contribution in [3.63, 3.8) is 0 Å². The van der Waals surface area contributed by atoms with Gasteiger partial charge in [-0.15, -0.1) is 0 Å². The number of morpholine rings is 1. The molecule has 2 aromatic rings. The fourth-order valence-electron chi connectivity index (χ4n) is 4.50. The average Bonchev–Trinajstić information content (AvgIpc) is 3.29. The summed E-state index contributed by atoms with van der Waals surface area (Å²) in [4.78, 5) is 18.8. The highest BCUT2D eigenvalue weighted by Crippen LogP contribution is 2.36. The van der Waals surface area contributed by atoms with Crippen LogP contribution in [-0.2, 0) is 4.74 Å². The van der Waals surface area contributed by atoms with E-state index in [0.29, 0.717) is 12.0 Å². The topological polar surface area (TPSA) is 65.9 Å². The first kappa shape index (κ1) is 18.4. The number of nitrogens with zero attached hydrogens (tertiary/aromatic N) is 5. The van der Waals surface area contributed by atoms with E-state index in [1.54, 1.807) is 0 Å². The second-order valence-corrected chi connectivity index (χ2v) is 8.09. The van der Waals surface area contributed by atoms with Gasteiger partial charge in [0.2, 0.25) is 5.95 Å². The SMILES string of the molecule is CC1=Nc2cnc(Nc3ccc(N4CCOCC4)cc3)nc2N(C2CCCC2)C1. The maximum atomic E-state index is 5.44. The van der Waals surface area contributed by atoms with Crippen molar-refractivity contribution < 1.29 is 4.74 Å². The monoisotopic (exact) mass is 392 g/mol. The summed E-state index contributed by atoms with van der Waals surface area (Å²) < 4.78 is 5.44. The number of rotatable bonds is 4. The molecule has 152 valence electrons. The molecule has 0 amide bonds. The number of hydrogen-bond acceptors (Lipinski definition) is 7. The summed E-state index contributed by atoms with van der Waals surface area (Å²) in [6, 6.07) is 9.03. The van der Waals surface area contributed by atoms with Crippen LogP contribution < -0.4 is 15.1 Å². The van der Waals surface area contributed by atoms with Crippen molar-refractivity contribution in [3.8, 4) is 0 Å². The minimum absolute atomic E-state index is 0.565. The molecule has 2 aliphatic heterocycles. The summed E-state index contributed by atoms with van der Waals surface area (Å²) in [6.07, 6.45) is 6.93. The van der Waals surface area contributed by atoms with Crippen LogP contribution in [0.3, 0.4) is 0 Å². The fourth-order valence-corrected chi connectivity index (χ4v) is 4.50. The van der Waals surface area contributed by atoms with Gasteiger partial charge >= 0.3 is 0 Å². The predicted molar refractivity (Wildman–Crippen MR) is 117 cm³/mol. The maximum absolute atomic E-state index is 5.44. The largest absolute Gasteiger partial charge is 0.378 e. The number of benzene rings is 1. The molecule has 1 saturated heterocycles. The molecule has 1 N–H and O–H groups in total. The van der Waals surface area contributed by atoms with Gasteiger partial charge in [0.15, 0.2) is 5.82 Å². The minimum atomic E-state index is 0.565. The van der Waals surface area contributed by atoms with E-state index < -0.39 is 0 Å². The highest BCUT2D eigenvalue weighted by Gasteiger charge is 2.29. The third-order valence-electron chi connectivity index (χ3n) is 6.00. The van der Waals surface area contributed by atoms with E-state index in [0.717, 1.165) is 55.8 Å². The number of nitrogens with one attached hydrogen (secondary N) is 1. The lowest BCUT2D eigenvalue weighted by Gasteiger charge is -2.33. The Morgan fingerprint density at radius 2 is 1.83 bits per heavy atom. The quantitative estimate of drug-likeness (QED) is 0.851. The van der Waals surface area contributed by atoms with E-state index in [1.165, 1.54) is 31.4 Å². The Bertz CT molecular complexity index is 885. The molecule has 2 fully saturated rings. The van der Waals surface area contributed by atoms with Crippen molar-refractivity contribution in [1.82, 2.24) is 9.97 Å². The number of aromatic nitrogens is 2. The molecule has 7 heteroatoms. The standard InChI is InChI=1S/C22H28N6O/c1-16-15-28(19-4-2-3-5-19)21-20(24-16)14-23-22(26-21)25-17-6-8-18(9-7-17)27-10-12-29-13-11-27/h6-9,14,19H,2-5,10-13,15H2,1H3,(H,23,25,26). The molecule has 1 aliphatic carbocycles. The Morgan fingerprint density at radius 3 is 2.59 bits per heavy atom. The third-order valence-corrected chi connectivity index (χ3v) is 6.00. The number of fused-ring (bicyclic) bond motifs is 1. The first-order chi connectivity index (χ1) is 14.3. The van der Waals surface area contributed by atoms with Crippen LogP contribution in [0.4, 0.5) is 28.8 Å². The van der Waals surface area contributed by atoms with Crippen LogP contribution in [0.15, 0.2) is 35.5 Å². The van der Waals surface area contributed by atoms with E-state index >= 15 is 0 Å². The summed E-state index contributed by atoms with van der Waals surface area (Å²) in [5, 5.41) is 3.37. The molecule has 5 rings (SSSR count). The second-order valence-electron chi connectivity index (χ2n) is 8.09. The van der Waals surface area contributed by atoms with Crippen LogP contribution >= 0.6 is 0 Å². The van der Waals surface area contributed by atoms with Crippen LogP contribution in [0.5, 0.6) is 0 Å². The molecule has 0 radical (unpaired) electrons. The molecular formula is C22H28N6O. The van der Waals surface area contributed by atoms with Crippen molar-refractivity contribution in [2.45, 2.75) is 38.6 Å². The Labute approximate surface area is 171 Å². The molecular weight excluding hydrogens is 364 g/mol. The van der Waals surface area contributed by atoms with E-state index in [2.05, 4.69) is 56.3 Å². The molecule has 0 unspecified atom stereocenters. The van der Waals surface area contributed by atoms with Gasteiger partial charge < -0.3 is 19.9 Å². The zero-order chi connectivity index (χ0) is 19.6. The van der Waals surface area contributed by atoms with E-state index in [9.17, 15) is 0 Å². The fraction of sp³-hybridized carbons (Fsp3) is 0.500. The minimum Gasteiger partial charge on any atom is -0.378 e. The molecule has 0 bridgehead atoms. The number of aliphatic imine (C=N–C) groups is 1.